The van der Waals surface area contributed by atoms with Gasteiger partial charge < -0.3 is 43.8 Å². The fourth-order valence-electron chi connectivity index (χ4n) is 12.9. The molecule has 0 aliphatic heterocycles. The van der Waals surface area contributed by atoms with Crippen LogP contribution in [0.5, 0.6) is 6.01 Å². The molecule has 0 atom stereocenters. The highest BCUT2D eigenvalue weighted by atomic mass is 16.5. The second-order valence-corrected chi connectivity index (χ2v) is 29.8. The van der Waals surface area contributed by atoms with Crippen molar-refractivity contribution in [2.45, 2.75) is 331 Å². The Hall–Kier alpha value is -5.20. The topological polar surface area (TPSA) is 214 Å². The summed E-state index contributed by atoms with van der Waals surface area (Å²) in [4.78, 5) is 92.9. The lowest BCUT2D eigenvalue weighted by atomic mass is 10.0. The van der Waals surface area contributed by atoms with E-state index in [0.717, 1.165) is 204 Å². The molecule has 0 unspecified atom stereocenters. The monoisotopic (exact) mass is 1400 g/mol. The van der Waals surface area contributed by atoms with Crippen molar-refractivity contribution >= 4 is 47.1 Å². The normalized spacial score (nSPS) is 11.7. The number of anilines is 1. The Morgan fingerprint density at radius 3 is 1.21 bits per heavy atom. The molecular weight excluding hydrogens is 1260 g/mol. The van der Waals surface area contributed by atoms with Crippen LogP contribution in [0.4, 0.5) is 5.82 Å². The van der Waals surface area contributed by atoms with E-state index in [9.17, 15) is 28.8 Å². The zero-order chi connectivity index (χ0) is 72.3. The Morgan fingerprint density at radius 2 is 0.810 bits per heavy atom. The van der Waals surface area contributed by atoms with Crippen LogP contribution in [0.25, 0.3) is 11.2 Å². The second kappa shape index (κ2) is 60.2. The number of ether oxygens (including phenoxy) is 5. The zero-order valence-corrected chi connectivity index (χ0v) is 64.4. The van der Waals surface area contributed by atoms with Gasteiger partial charge in [0, 0.05) is 38.4 Å². The van der Waals surface area contributed by atoms with E-state index in [1.807, 2.05) is 0 Å². The first-order chi connectivity index (χ1) is 48.7. The fourth-order valence-corrected chi connectivity index (χ4v) is 12.9. The van der Waals surface area contributed by atoms with E-state index in [0.29, 0.717) is 63.2 Å². The van der Waals surface area contributed by atoms with Gasteiger partial charge in [-0.15, -0.1) is 0 Å². The first kappa shape index (κ1) is 89.0. The molecule has 18 nitrogen and oxygen atoms in total. The van der Waals surface area contributed by atoms with Crippen molar-refractivity contribution in [3.8, 4) is 6.01 Å². The number of methoxy groups -OCH3 is 1. The van der Waals surface area contributed by atoms with Crippen LogP contribution in [0.15, 0.2) is 29.1 Å². The lowest BCUT2D eigenvalue weighted by Gasteiger charge is -2.26. The quantitative estimate of drug-likeness (QED) is 0.0233. The lowest BCUT2D eigenvalue weighted by Crippen LogP contribution is -2.32. The van der Waals surface area contributed by atoms with Crippen molar-refractivity contribution in [2.75, 3.05) is 84.7 Å². The van der Waals surface area contributed by atoms with Crippen LogP contribution in [-0.2, 0) is 44.7 Å². The van der Waals surface area contributed by atoms with E-state index in [-0.39, 0.29) is 60.9 Å². The number of esters is 3. The van der Waals surface area contributed by atoms with E-state index in [1.165, 1.54) is 120 Å². The minimum atomic E-state index is -0.416. The number of amides is 1. The number of carbonyl (C=O) groups is 5. The average molecular weight is 1400 g/mol. The highest BCUT2D eigenvalue weighted by molar-refractivity contribution is 5.97. The molecule has 0 saturated carbocycles. The molecule has 0 bridgehead atoms. The summed E-state index contributed by atoms with van der Waals surface area (Å²) in [5.74, 6) is 2.11. The number of nitrogens with zero attached hydrogens (tertiary/aromatic N) is 5. The van der Waals surface area contributed by atoms with Crippen molar-refractivity contribution in [2.24, 2.45) is 17.8 Å². The molecule has 3 aromatic rings. The van der Waals surface area contributed by atoms with Gasteiger partial charge in [0.05, 0.1) is 33.0 Å². The number of carbonyl (C=O) groups excluding carboxylic acids is 5. The third-order valence-corrected chi connectivity index (χ3v) is 19.0. The third-order valence-electron chi connectivity index (χ3n) is 19.0. The molecule has 2 heterocycles. The van der Waals surface area contributed by atoms with Crippen LogP contribution < -0.4 is 15.7 Å². The first-order valence-corrected chi connectivity index (χ1v) is 40.5. The Bertz CT molecular complexity index is 2540. The van der Waals surface area contributed by atoms with Crippen LogP contribution in [0.1, 0.15) is 340 Å². The second-order valence-electron chi connectivity index (χ2n) is 29.8. The minimum absolute atomic E-state index is 0.0117. The molecule has 0 radical (unpaired) electrons. The number of hydrogen-bond acceptors (Lipinski definition) is 15. The molecule has 1 aromatic carbocycles. The van der Waals surface area contributed by atoms with Gasteiger partial charge in [-0.05, 0) is 140 Å². The molecule has 100 heavy (non-hydrogen) atoms. The summed E-state index contributed by atoms with van der Waals surface area (Å²) in [7, 11) is 1.57. The minimum Gasteiger partial charge on any atom is -0.466 e. The molecule has 0 aliphatic carbocycles. The predicted molar refractivity (Wildman–Crippen MR) is 408 cm³/mol. The van der Waals surface area contributed by atoms with Gasteiger partial charge in [0.2, 0.25) is 5.91 Å². The number of aldehydes is 1. The Morgan fingerprint density at radius 1 is 0.450 bits per heavy atom. The van der Waals surface area contributed by atoms with Gasteiger partial charge in [0.1, 0.15) is 18.4 Å². The number of imidazole rings is 1. The maximum atomic E-state index is 13.7. The highest BCUT2D eigenvalue weighted by Gasteiger charge is 2.20. The van der Waals surface area contributed by atoms with E-state index in [1.54, 1.807) is 31.4 Å². The number of H-pyrrole nitrogens is 1. The van der Waals surface area contributed by atoms with Crippen molar-refractivity contribution in [3.05, 3.63) is 45.9 Å². The van der Waals surface area contributed by atoms with Crippen LogP contribution in [0.2, 0.25) is 0 Å². The third kappa shape index (κ3) is 47.9. The van der Waals surface area contributed by atoms with Gasteiger partial charge in [-0.1, -0.05) is 246 Å². The number of benzene rings is 1. The number of fused-ring (bicyclic) bond motifs is 1. The maximum Gasteiger partial charge on any atom is 0.328 e. The highest BCUT2D eigenvalue weighted by Crippen LogP contribution is 2.23. The summed E-state index contributed by atoms with van der Waals surface area (Å²) in [6.45, 7) is 22.2. The summed E-state index contributed by atoms with van der Waals surface area (Å²) in [6, 6.07) is 6.98. The molecule has 0 fully saturated rings. The summed E-state index contributed by atoms with van der Waals surface area (Å²) in [6.07, 6.45) is 47.4. The SMILES string of the molecule is COCCOc1nc(NC(=O)CCCCCN(CCCCCCCCC(=O)OCCCCCCCC(C)C)CCCN(CCCCCCCCC(=O)OCCCCCCCC(C)C)CCCCCCCCC(=O)OCCCCCCCC(C)C)c2[nH]c(=O)n(Cc3ccc(C=O)cc3)c2n1. The largest absolute Gasteiger partial charge is 0.466 e. The van der Waals surface area contributed by atoms with Gasteiger partial charge in [-0.25, -0.2) is 4.79 Å². The Kier molecular flexibility index (Phi) is 53.6. The van der Waals surface area contributed by atoms with Crippen molar-refractivity contribution < 1.29 is 47.7 Å². The molecule has 2 N–H and O–H groups in total. The summed E-state index contributed by atoms with van der Waals surface area (Å²) in [5, 5.41) is 2.95. The summed E-state index contributed by atoms with van der Waals surface area (Å²) < 4.78 is 29.1. The number of aromatic nitrogens is 4. The molecule has 572 valence electrons. The standard InChI is InChI=1S/C82H143N7O11/c1-69(2)45-30-17-14-26-41-62-97-75(92)49-34-20-8-11-23-37-56-87(57-38-24-12-9-21-35-50-76(93)98-63-42-27-15-18-31-46-70(3)4)60-44-61-88(58-39-25-13-10-22-36-51-77(94)99-64-43-28-16-19-32-47-71(5)6)59-40-29-33-48-74(91)83-79-78-80(86-81(85-79)100-66-65-96-7)89(82(95)84-78)67-72-52-54-73(68-90)55-53-72/h52-55,68-71H,8-51,56-67H2,1-7H3,(H,84,95)(H,83,85,86,91). The molecule has 1 amide bonds. The molecule has 2 aromatic heterocycles. The number of nitrogens with one attached hydrogen (secondary N) is 2. The van der Waals surface area contributed by atoms with Crippen molar-refractivity contribution in [1.29, 1.82) is 0 Å². The smallest absolute Gasteiger partial charge is 0.328 e. The van der Waals surface area contributed by atoms with E-state index < -0.39 is 5.69 Å². The van der Waals surface area contributed by atoms with Crippen molar-refractivity contribution in [3.63, 3.8) is 0 Å². The summed E-state index contributed by atoms with van der Waals surface area (Å²) >= 11 is 0. The number of unbranched alkanes of at least 4 members (excludes halogenated alkanes) is 29. The van der Waals surface area contributed by atoms with Gasteiger partial charge in [-0.3, -0.25) is 28.5 Å². The zero-order valence-electron chi connectivity index (χ0n) is 64.4. The summed E-state index contributed by atoms with van der Waals surface area (Å²) in [5.41, 5.74) is 1.50. The van der Waals surface area contributed by atoms with Crippen LogP contribution >= 0.6 is 0 Å². The van der Waals surface area contributed by atoms with E-state index in [4.69, 9.17) is 23.7 Å². The van der Waals surface area contributed by atoms with Crippen LogP contribution in [0.3, 0.4) is 0 Å². The Labute approximate surface area is 606 Å². The molecule has 0 aliphatic rings. The maximum absolute atomic E-state index is 13.7. The number of aromatic amines is 1. The molecule has 3 rings (SSSR count). The van der Waals surface area contributed by atoms with Crippen LogP contribution in [-0.4, -0.2) is 139 Å². The molecular formula is C82H143N7O11. The first-order valence-electron chi connectivity index (χ1n) is 40.5. The molecule has 0 spiro atoms. The van der Waals surface area contributed by atoms with Crippen LogP contribution in [0, 0.1) is 17.8 Å². The van der Waals surface area contributed by atoms with E-state index in [2.05, 4.69) is 71.6 Å². The fraction of sp³-hybridized carbons (Fsp3) is 0.805. The average Bonchev–Trinajstić information content (AvgIpc) is 1.62. The number of hydrogen-bond donors (Lipinski definition) is 2. The molecule has 18 heteroatoms. The molecule has 0 saturated heterocycles. The van der Waals surface area contributed by atoms with E-state index >= 15 is 0 Å². The lowest BCUT2D eigenvalue weighted by molar-refractivity contribution is -0.144. The predicted octanol–water partition coefficient (Wildman–Crippen LogP) is 19.3. The van der Waals surface area contributed by atoms with Gasteiger partial charge in [-0.2, -0.15) is 9.97 Å². The van der Waals surface area contributed by atoms with Crippen molar-refractivity contribution in [1.82, 2.24) is 29.3 Å². The van der Waals surface area contributed by atoms with Gasteiger partial charge in [0.25, 0.3) is 0 Å². The Balaban J connectivity index is 1.55. The van der Waals surface area contributed by atoms with Gasteiger partial charge >= 0.3 is 29.6 Å². The number of rotatable bonds is 69. The van der Waals surface area contributed by atoms with Gasteiger partial charge in [0.15, 0.2) is 11.5 Å².